The SMILES string of the molecule is c1ccc(-c2nc(-c3ccccc3)nc(-c3cccc(-c4c(-c5ccccc5)c(-c5ccccc5)c(-c5cccc(-n6c7ccccc7c7cc8c9ccccc9n(-c9ccccc9)c8cc76)c5)c5c6cccc7c8c(-c9ccccc9)c(-c9ccccc9)c(-c9ccccc9)c(-c9ccccc9)c8c8cccc(c45)c8c76)c3)n2)cc1. The molecule has 0 aliphatic carbocycles. The summed E-state index contributed by atoms with van der Waals surface area (Å²) in [6.07, 6.45) is 0. The summed E-state index contributed by atoms with van der Waals surface area (Å²) >= 11 is 0. The van der Waals surface area contributed by atoms with E-state index in [2.05, 4.69) is 391 Å². The van der Waals surface area contributed by atoms with Crippen LogP contribution in [0.3, 0.4) is 0 Å². The topological polar surface area (TPSA) is 48.5 Å². The maximum atomic E-state index is 5.44. The van der Waals surface area contributed by atoms with Gasteiger partial charge in [-0.3, -0.25) is 0 Å². The minimum Gasteiger partial charge on any atom is -0.309 e. The molecule has 5 nitrogen and oxygen atoms in total. The summed E-state index contributed by atoms with van der Waals surface area (Å²) in [6.45, 7) is 0. The second kappa shape index (κ2) is 27.2. The lowest BCUT2D eigenvalue weighted by Gasteiger charge is -2.29. The van der Waals surface area contributed by atoms with Crippen LogP contribution >= 0.6 is 0 Å². The molecule has 0 amide bonds. The zero-order valence-electron chi connectivity index (χ0n) is 63.1. The summed E-state index contributed by atoms with van der Waals surface area (Å²) in [7, 11) is 0. The van der Waals surface area contributed by atoms with Crippen molar-refractivity contribution in [2.45, 2.75) is 0 Å². The predicted octanol–water partition coefficient (Wildman–Crippen LogP) is 29.6. The Balaban J connectivity index is 0.921. The number of fused-ring (bicyclic) bond motifs is 12. The first-order chi connectivity index (χ1) is 57.6. The first-order valence-corrected chi connectivity index (χ1v) is 39.8. The van der Waals surface area contributed by atoms with Gasteiger partial charge in [0.05, 0.1) is 22.1 Å². The fourth-order valence-corrected chi connectivity index (χ4v) is 19.1. The first kappa shape index (κ1) is 66.4. The Kier molecular flexibility index (Phi) is 15.6. The minimum atomic E-state index is 0.578. The van der Waals surface area contributed by atoms with E-state index in [0.29, 0.717) is 17.5 Å². The molecule has 0 aliphatic heterocycles. The van der Waals surface area contributed by atoms with Crippen molar-refractivity contribution < 1.29 is 0 Å². The van der Waals surface area contributed by atoms with Crippen LogP contribution in [-0.4, -0.2) is 24.1 Å². The van der Waals surface area contributed by atoms with E-state index in [9.17, 15) is 0 Å². The van der Waals surface area contributed by atoms with E-state index < -0.39 is 0 Å². The highest BCUT2D eigenvalue weighted by Gasteiger charge is 2.33. The fourth-order valence-electron chi connectivity index (χ4n) is 19.1. The zero-order valence-corrected chi connectivity index (χ0v) is 63.1. The Labute approximate surface area is 670 Å². The Morgan fingerprint density at radius 2 is 0.388 bits per heavy atom. The summed E-state index contributed by atoms with van der Waals surface area (Å²) in [5.74, 6) is 1.78. The Bertz CT molecular complexity index is 7740. The van der Waals surface area contributed by atoms with Crippen LogP contribution in [0.15, 0.2) is 419 Å². The van der Waals surface area contributed by atoms with Crippen LogP contribution in [0.25, 0.3) is 232 Å². The summed E-state index contributed by atoms with van der Waals surface area (Å²) in [5, 5.41) is 16.6. The minimum absolute atomic E-state index is 0.578. The smallest absolute Gasteiger partial charge is 0.164 e. The molecule has 0 aliphatic rings. The molecule has 0 spiro atoms. The number of nitrogens with zero attached hydrogens (tertiary/aromatic N) is 5. The van der Waals surface area contributed by atoms with Crippen LogP contribution in [0.4, 0.5) is 0 Å². The van der Waals surface area contributed by atoms with Gasteiger partial charge in [-0.25, -0.2) is 15.0 Å². The van der Waals surface area contributed by atoms with E-state index in [0.717, 1.165) is 133 Å². The van der Waals surface area contributed by atoms with E-state index >= 15 is 0 Å². The molecule has 3 heterocycles. The molecule has 20 aromatic carbocycles. The normalized spacial score (nSPS) is 11.8. The third-order valence-electron chi connectivity index (χ3n) is 23.8. The van der Waals surface area contributed by atoms with E-state index in [1.54, 1.807) is 0 Å². The Morgan fingerprint density at radius 1 is 0.138 bits per heavy atom. The van der Waals surface area contributed by atoms with Gasteiger partial charge in [-0.05, 0) is 197 Å². The summed E-state index contributed by atoms with van der Waals surface area (Å²) < 4.78 is 4.96. The highest BCUT2D eigenvalue weighted by atomic mass is 15.0. The Morgan fingerprint density at radius 3 is 0.767 bits per heavy atom. The highest BCUT2D eigenvalue weighted by molar-refractivity contribution is 6.47. The lowest BCUT2D eigenvalue weighted by Crippen LogP contribution is -2.02. The molecule has 23 aromatic rings. The molecule has 0 radical (unpaired) electrons. The number of para-hydroxylation sites is 3. The molecule has 3 aromatic heterocycles. The quantitative estimate of drug-likeness (QED) is 0.0854. The van der Waals surface area contributed by atoms with Gasteiger partial charge in [0.15, 0.2) is 17.5 Å². The average Bonchev–Trinajstić information content (AvgIpc) is 0.816. The van der Waals surface area contributed by atoms with Crippen LogP contribution in [-0.2, 0) is 0 Å². The van der Waals surface area contributed by atoms with Crippen molar-refractivity contribution in [3.05, 3.63) is 419 Å². The summed E-state index contributed by atoms with van der Waals surface area (Å²) in [5.41, 5.74) is 27.5. The summed E-state index contributed by atoms with van der Waals surface area (Å²) in [4.78, 5) is 16.1. The Hall–Kier alpha value is -15.4. The van der Waals surface area contributed by atoms with Gasteiger partial charge in [-0.1, -0.05) is 364 Å². The average molecular weight is 1470 g/mol. The van der Waals surface area contributed by atoms with Gasteiger partial charge >= 0.3 is 0 Å². The monoisotopic (exact) mass is 1470 g/mol. The van der Waals surface area contributed by atoms with Crippen molar-refractivity contribution in [3.63, 3.8) is 0 Å². The molecule has 0 N–H and O–H groups in total. The second-order valence-corrected chi connectivity index (χ2v) is 30.2. The molecule has 0 atom stereocenters. The number of hydrogen-bond donors (Lipinski definition) is 0. The molecule has 0 unspecified atom stereocenters. The zero-order chi connectivity index (χ0) is 76.3. The van der Waals surface area contributed by atoms with Crippen molar-refractivity contribution in [1.82, 2.24) is 24.1 Å². The van der Waals surface area contributed by atoms with Crippen LogP contribution < -0.4 is 0 Å². The van der Waals surface area contributed by atoms with Crippen LogP contribution in [0, 0.1) is 0 Å². The van der Waals surface area contributed by atoms with Crippen LogP contribution in [0.5, 0.6) is 0 Å². The van der Waals surface area contributed by atoms with Crippen molar-refractivity contribution in [2.75, 3.05) is 0 Å². The molecule has 23 rings (SSSR count). The highest BCUT2D eigenvalue weighted by Crippen LogP contribution is 2.61. The lowest BCUT2D eigenvalue weighted by molar-refractivity contribution is 1.07. The number of rotatable bonds is 13. The molecule has 0 saturated heterocycles. The summed E-state index contributed by atoms with van der Waals surface area (Å²) in [6, 6.07) is 154. The number of benzene rings is 20. The largest absolute Gasteiger partial charge is 0.309 e. The van der Waals surface area contributed by atoms with E-state index in [-0.39, 0.29) is 0 Å². The van der Waals surface area contributed by atoms with Gasteiger partial charge in [-0.15, -0.1) is 0 Å². The van der Waals surface area contributed by atoms with Crippen LogP contribution in [0.2, 0.25) is 0 Å². The van der Waals surface area contributed by atoms with Crippen molar-refractivity contribution in [1.29, 1.82) is 0 Å². The molecular formula is C111H69N5. The maximum absolute atomic E-state index is 5.44. The van der Waals surface area contributed by atoms with Gasteiger partial charge in [-0.2, -0.15) is 0 Å². The van der Waals surface area contributed by atoms with Crippen molar-refractivity contribution in [2.24, 2.45) is 0 Å². The molecular weight excluding hydrogens is 1400 g/mol. The molecule has 0 bridgehead atoms. The number of hydrogen-bond acceptors (Lipinski definition) is 3. The van der Waals surface area contributed by atoms with Gasteiger partial charge < -0.3 is 9.13 Å². The van der Waals surface area contributed by atoms with E-state index in [4.69, 9.17) is 15.0 Å². The molecule has 5 heteroatoms. The van der Waals surface area contributed by atoms with Gasteiger partial charge in [0, 0.05) is 49.6 Å². The lowest BCUT2D eigenvalue weighted by atomic mass is 9.73. The van der Waals surface area contributed by atoms with Crippen molar-refractivity contribution in [3.8, 4) is 135 Å². The second-order valence-electron chi connectivity index (χ2n) is 30.2. The van der Waals surface area contributed by atoms with Crippen molar-refractivity contribution >= 4 is 97.5 Å². The molecule has 538 valence electrons. The predicted molar refractivity (Wildman–Crippen MR) is 487 cm³/mol. The van der Waals surface area contributed by atoms with E-state index in [1.165, 1.54) is 81.6 Å². The molecule has 0 fully saturated rings. The first-order valence-electron chi connectivity index (χ1n) is 39.8. The van der Waals surface area contributed by atoms with E-state index in [1.807, 2.05) is 36.4 Å². The standard InChI is InChI=1S/C111H69N5/c1-10-36-70(37-11-1)95-96(71-38-12-2-13-39-71)100(75-46-20-6-21-47-75)106-86-61-35-63-88-104(86)103-85(105(106)99(95)74-44-18-5-19-45-74)60-34-62-87(103)107-101(78-52-32-54-80(66-78)111-113-109(76-48-22-7-23-49-76)112-110(114-111)77-50-24-8-25-51-77)97(72-40-14-3-15-41-72)98(73-42-16-4-17-43-73)102(108(88)107)79-53-33-57-82(67-79)116-92-65-31-29-59-84(92)90-68-89-83-58-28-30-64-91(83)115(93(89)69-94(90)116)81-55-26-9-27-56-81/h1-69H. The van der Waals surface area contributed by atoms with Crippen LogP contribution in [0.1, 0.15) is 0 Å². The third kappa shape index (κ3) is 10.5. The number of aromatic nitrogens is 5. The third-order valence-corrected chi connectivity index (χ3v) is 23.8. The van der Waals surface area contributed by atoms with Gasteiger partial charge in [0.2, 0.25) is 0 Å². The molecule has 0 saturated carbocycles. The maximum Gasteiger partial charge on any atom is 0.164 e. The van der Waals surface area contributed by atoms with Gasteiger partial charge in [0.1, 0.15) is 0 Å². The van der Waals surface area contributed by atoms with Gasteiger partial charge in [0.25, 0.3) is 0 Å². The fraction of sp³-hybridized carbons (Fsp3) is 0. The molecule has 116 heavy (non-hydrogen) atoms.